The predicted octanol–water partition coefficient (Wildman–Crippen LogP) is 2.78. The van der Waals surface area contributed by atoms with Crippen LogP contribution in [0.15, 0.2) is 53.8 Å². The summed E-state index contributed by atoms with van der Waals surface area (Å²) in [5.74, 6) is -0.878. The van der Waals surface area contributed by atoms with E-state index < -0.39 is 5.97 Å². The Morgan fingerprint density at radius 2 is 2.00 bits per heavy atom. The number of carboxylic acid groups (broad SMARTS) is 1. The third kappa shape index (κ3) is 3.71. The lowest BCUT2D eigenvalue weighted by atomic mass is 10.1. The van der Waals surface area contributed by atoms with Crippen molar-refractivity contribution >= 4 is 40.2 Å². The molecule has 1 amide bonds. The number of benzene rings is 2. The average Bonchev–Trinajstić information content (AvgIpc) is 3.36. The molecular weight excluding hydrogens is 380 g/mol. The van der Waals surface area contributed by atoms with E-state index in [-0.39, 0.29) is 11.7 Å². The monoisotopic (exact) mass is 394 g/mol. The summed E-state index contributed by atoms with van der Waals surface area (Å²) >= 11 is 1.02. The fraction of sp³-hybridized carbons (Fsp3) is 0.0556. The number of amides is 1. The minimum atomic E-state index is -0.942. The molecule has 0 aliphatic heterocycles. The number of nitrogens with zero attached hydrogens (tertiary/aromatic N) is 3. The van der Waals surface area contributed by atoms with E-state index in [0.29, 0.717) is 27.8 Å². The van der Waals surface area contributed by atoms with Crippen molar-refractivity contribution in [1.82, 2.24) is 25.4 Å². The van der Waals surface area contributed by atoms with E-state index >= 15 is 0 Å². The highest BCUT2D eigenvalue weighted by Crippen LogP contribution is 2.23. The number of carboxylic acids is 1. The number of aromatic amines is 2. The highest BCUT2D eigenvalue weighted by atomic mass is 32.2. The molecule has 0 fully saturated rings. The standard InChI is InChI=1S/C18H14N6O3S/c25-15(26)9-28-18-21-16(23-24-18)10-3-1-4-11(7-10)17(27)20-13-5-2-6-14-12(13)8-19-22-14/h1-8H,9H2,(H,19,22)(H,20,27)(H,25,26)(H,21,23,24). The number of thioether (sulfide) groups is 1. The Hall–Kier alpha value is -3.66. The van der Waals surface area contributed by atoms with Gasteiger partial charge in [0.1, 0.15) is 0 Å². The number of carbonyl (C=O) groups is 2. The van der Waals surface area contributed by atoms with E-state index in [2.05, 4.69) is 30.7 Å². The van der Waals surface area contributed by atoms with Gasteiger partial charge in [0, 0.05) is 16.5 Å². The van der Waals surface area contributed by atoms with E-state index in [1.807, 2.05) is 18.2 Å². The van der Waals surface area contributed by atoms with Gasteiger partial charge in [-0.25, -0.2) is 4.98 Å². The summed E-state index contributed by atoms with van der Waals surface area (Å²) in [5.41, 5.74) is 2.62. The summed E-state index contributed by atoms with van der Waals surface area (Å²) in [5, 5.41) is 26.4. The molecule has 9 nitrogen and oxygen atoms in total. The zero-order valence-corrected chi connectivity index (χ0v) is 15.2. The highest BCUT2D eigenvalue weighted by molar-refractivity contribution is 7.99. The Kier molecular flexibility index (Phi) is 4.77. The van der Waals surface area contributed by atoms with Gasteiger partial charge in [-0.05, 0) is 24.3 Å². The second-order valence-corrected chi connectivity index (χ2v) is 6.76. The Morgan fingerprint density at radius 3 is 2.86 bits per heavy atom. The molecule has 4 rings (SSSR count). The minimum Gasteiger partial charge on any atom is -0.481 e. The summed E-state index contributed by atoms with van der Waals surface area (Å²) in [6, 6.07) is 12.4. The molecule has 0 bridgehead atoms. The number of carbonyl (C=O) groups excluding carboxylic acids is 1. The minimum absolute atomic E-state index is 0.126. The molecule has 4 N–H and O–H groups in total. The van der Waals surface area contributed by atoms with E-state index in [0.717, 1.165) is 22.7 Å². The van der Waals surface area contributed by atoms with Crippen LogP contribution in [0, 0.1) is 0 Å². The second-order valence-electron chi connectivity index (χ2n) is 5.82. The van der Waals surface area contributed by atoms with Gasteiger partial charge in [-0.15, -0.1) is 5.10 Å². The maximum absolute atomic E-state index is 12.7. The fourth-order valence-corrected chi connectivity index (χ4v) is 3.16. The van der Waals surface area contributed by atoms with Crippen molar-refractivity contribution in [3.63, 3.8) is 0 Å². The number of nitrogens with one attached hydrogen (secondary N) is 3. The van der Waals surface area contributed by atoms with Crippen LogP contribution in [-0.4, -0.2) is 48.1 Å². The van der Waals surface area contributed by atoms with Crippen LogP contribution in [0.5, 0.6) is 0 Å². The molecule has 0 spiro atoms. The van der Waals surface area contributed by atoms with Crippen LogP contribution in [-0.2, 0) is 4.79 Å². The Bertz CT molecular complexity index is 1170. The van der Waals surface area contributed by atoms with Crippen molar-refractivity contribution in [3.05, 3.63) is 54.2 Å². The maximum Gasteiger partial charge on any atom is 0.313 e. The van der Waals surface area contributed by atoms with Gasteiger partial charge in [0.05, 0.1) is 23.2 Å². The summed E-state index contributed by atoms with van der Waals surface area (Å²) < 4.78 is 0. The van der Waals surface area contributed by atoms with Crippen LogP contribution in [0.3, 0.4) is 0 Å². The lowest BCUT2D eigenvalue weighted by molar-refractivity contribution is -0.133. The van der Waals surface area contributed by atoms with Gasteiger partial charge in [-0.3, -0.25) is 19.8 Å². The number of rotatable bonds is 6. The second kappa shape index (κ2) is 7.53. The predicted molar refractivity (Wildman–Crippen MR) is 104 cm³/mol. The molecule has 28 heavy (non-hydrogen) atoms. The van der Waals surface area contributed by atoms with Gasteiger partial charge >= 0.3 is 5.97 Å². The highest BCUT2D eigenvalue weighted by Gasteiger charge is 2.13. The number of hydrogen-bond acceptors (Lipinski definition) is 6. The normalized spacial score (nSPS) is 10.9. The van der Waals surface area contributed by atoms with Crippen molar-refractivity contribution in [2.45, 2.75) is 5.16 Å². The first-order valence-electron chi connectivity index (χ1n) is 8.21. The van der Waals surface area contributed by atoms with Crippen LogP contribution >= 0.6 is 11.8 Å². The number of hydrogen-bond donors (Lipinski definition) is 4. The molecule has 2 aromatic carbocycles. The Labute approximate surface area is 162 Å². The van der Waals surface area contributed by atoms with E-state index in [4.69, 9.17) is 5.11 Å². The smallest absolute Gasteiger partial charge is 0.313 e. The molecule has 0 saturated heterocycles. The van der Waals surface area contributed by atoms with Crippen LogP contribution in [0.1, 0.15) is 10.4 Å². The van der Waals surface area contributed by atoms with Crippen molar-refractivity contribution in [1.29, 1.82) is 0 Å². The van der Waals surface area contributed by atoms with Gasteiger partial charge < -0.3 is 10.4 Å². The number of aliphatic carboxylic acids is 1. The lowest BCUT2D eigenvalue weighted by Gasteiger charge is -2.07. The summed E-state index contributed by atoms with van der Waals surface area (Å²) in [6.45, 7) is 0. The quantitative estimate of drug-likeness (QED) is 0.369. The van der Waals surface area contributed by atoms with Crippen molar-refractivity contribution in [2.24, 2.45) is 0 Å². The van der Waals surface area contributed by atoms with E-state index in [1.54, 1.807) is 30.5 Å². The molecule has 4 aromatic rings. The first-order chi connectivity index (χ1) is 13.6. The fourth-order valence-electron chi connectivity index (χ4n) is 2.65. The molecule has 10 heteroatoms. The van der Waals surface area contributed by atoms with Gasteiger partial charge in [0.25, 0.3) is 5.91 Å². The van der Waals surface area contributed by atoms with Gasteiger partial charge in [-0.2, -0.15) is 5.10 Å². The molecule has 0 atom stereocenters. The van der Waals surface area contributed by atoms with Crippen LogP contribution in [0.4, 0.5) is 5.69 Å². The molecule has 0 aliphatic carbocycles. The van der Waals surface area contributed by atoms with Crippen molar-refractivity contribution < 1.29 is 14.7 Å². The van der Waals surface area contributed by atoms with E-state index in [9.17, 15) is 9.59 Å². The topological polar surface area (TPSA) is 137 Å². The lowest BCUT2D eigenvalue weighted by Crippen LogP contribution is -2.12. The molecular formula is C18H14N6O3S. The number of aromatic nitrogens is 5. The van der Waals surface area contributed by atoms with Gasteiger partial charge in [0.15, 0.2) is 5.82 Å². The number of fused-ring (bicyclic) bond motifs is 1. The number of H-pyrrole nitrogens is 2. The zero-order chi connectivity index (χ0) is 19.5. The number of anilines is 1. The molecule has 0 aliphatic rings. The van der Waals surface area contributed by atoms with Crippen molar-refractivity contribution in [2.75, 3.05) is 11.1 Å². The Morgan fingerprint density at radius 1 is 1.14 bits per heavy atom. The zero-order valence-electron chi connectivity index (χ0n) is 14.3. The van der Waals surface area contributed by atoms with Crippen LogP contribution in [0.2, 0.25) is 0 Å². The molecule has 0 radical (unpaired) electrons. The SMILES string of the molecule is O=C(O)CSc1n[nH]c(-c2cccc(C(=O)Nc3cccc4[nH]ncc34)c2)n1. The van der Waals surface area contributed by atoms with Crippen LogP contribution in [0.25, 0.3) is 22.3 Å². The average molecular weight is 394 g/mol. The van der Waals surface area contributed by atoms with Crippen LogP contribution < -0.4 is 5.32 Å². The molecule has 2 heterocycles. The molecule has 0 unspecified atom stereocenters. The Balaban J connectivity index is 1.54. The third-order valence-corrected chi connectivity index (χ3v) is 4.75. The molecule has 2 aromatic heterocycles. The third-order valence-electron chi connectivity index (χ3n) is 3.92. The molecule has 140 valence electrons. The molecule has 0 saturated carbocycles. The maximum atomic E-state index is 12.7. The van der Waals surface area contributed by atoms with Crippen molar-refractivity contribution in [3.8, 4) is 11.4 Å². The first-order valence-corrected chi connectivity index (χ1v) is 9.19. The van der Waals surface area contributed by atoms with Gasteiger partial charge in [0.2, 0.25) is 5.16 Å². The summed E-state index contributed by atoms with van der Waals surface area (Å²) in [4.78, 5) is 27.6. The first kappa shape index (κ1) is 17.7. The summed E-state index contributed by atoms with van der Waals surface area (Å²) in [7, 11) is 0. The largest absolute Gasteiger partial charge is 0.481 e. The van der Waals surface area contributed by atoms with E-state index in [1.165, 1.54) is 0 Å². The summed E-state index contributed by atoms with van der Waals surface area (Å²) in [6.07, 6.45) is 1.66. The van der Waals surface area contributed by atoms with Gasteiger partial charge in [-0.1, -0.05) is 30.0 Å².